The van der Waals surface area contributed by atoms with Gasteiger partial charge in [0.15, 0.2) is 11.6 Å². The number of nitro groups is 1. The Kier molecular flexibility index (Phi) is 2.83. The Morgan fingerprint density at radius 2 is 1.47 bits per heavy atom. The van der Waals surface area contributed by atoms with Crippen LogP contribution in [0.15, 0.2) is 22.3 Å². The molecule has 5 heteroatoms. The average Bonchev–Trinajstić information content (AvgIpc) is 2.18. The molecule has 0 aromatic rings. The van der Waals surface area contributed by atoms with Crippen molar-refractivity contribution >= 4 is 11.6 Å². The third-order valence-corrected chi connectivity index (χ3v) is 2.60. The number of rotatable bonds is 2. The summed E-state index contributed by atoms with van der Waals surface area (Å²) in [4.78, 5) is 33.0. The van der Waals surface area contributed by atoms with Gasteiger partial charge in [-0.15, -0.1) is 0 Å². The van der Waals surface area contributed by atoms with Crippen molar-refractivity contribution in [3.63, 3.8) is 0 Å². The Labute approximate surface area is 86.6 Å². The highest BCUT2D eigenvalue weighted by atomic mass is 16.6. The van der Waals surface area contributed by atoms with Crippen molar-refractivity contribution in [2.75, 3.05) is 6.54 Å². The summed E-state index contributed by atoms with van der Waals surface area (Å²) >= 11 is 0. The SMILES string of the molecule is CC1=C(C)C(=O)C(C[N+](=O)[O-])=C(C)C1=O. The van der Waals surface area contributed by atoms with Crippen LogP contribution in [0.5, 0.6) is 0 Å². The van der Waals surface area contributed by atoms with Gasteiger partial charge >= 0.3 is 0 Å². The molecule has 0 bridgehead atoms. The zero-order valence-electron chi connectivity index (χ0n) is 8.79. The number of Topliss-reactive ketones (excluding diaryl/α,β-unsaturated/α-hetero) is 2. The number of ketones is 2. The summed E-state index contributed by atoms with van der Waals surface area (Å²) in [5.74, 6) is -0.662. The van der Waals surface area contributed by atoms with Gasteiger partial charge in [0.05, 0.1) is 5.57 Å². The summed E-state index contributed by atoms with van der Waals surface area (Å²) in [6.45, 7) is 3.94. The largest absolute Gasteiger partial charge is 0.289 e. The van der Waals surface area contributed by atoms with Crippen LogP contribution in [-0.2, 0) is 9.59 Å². The fourth-order valence-electron chi connectivity index (χ4n) is 1.48. The molecule has 0 amide bonds. The van der Waals surface area contributed by atoms with Gasteiger partial charge in [0.2, 0.25) is 6.54 Å². The Bertz CT molecular complexity index is 429. The molecule has 0 unspecified atom stereocenters. The van der Waals surface area contributed by atoms with Gasteiger partial charge in [0.25, 0.3) is 0 Å². The van der Waals surface area contributed by atoms with Gasteiger partial charge < -0.3 is 0 Å². The Morgan fingerprint density at radius 1 is 1.00 bits per heavy atom. The molecule has 0 aromatic carbocycles. The molecule has 0 radical (unpaired) electrons. The number of hydrogen-bond acceptors (Lipinski definition) is 4. The van der Waals surface area contributed by atoms with Gasteiger partial charge in [-0.3, -0.25) is 19.7 Å². The monoisotopic (exact) mass is 209 g/mol. The van der Waals surface area contributed by atoms with Gasteiger partial charge in [-0.1, -0.05) is 0 Å². The van der Waals surface area contributed by atoms with E-state index < -0.39 is 11.5 Å². The van der Waals surface area contributed by atoms with E-state index in [4.69, 9.17) is 0 Å². The minimum absolute atomic E-state index is 0.00750. The van der Waals surface area contributed by atoms with Gasteiger partial charge in [-0.2, -0.15) is 0 Å². The molecular weight excluding hydrogens is 198 g/mol. The lowest BCUT2D eigenvalue weighted by Crippen LogP contribution is -2.24. The fourth-order valence-corrected chi connectivity index (χ4v) is 1.48. The molecule has 1 aliphatic carbocycles. The van der Waals surface area contributed by atoms with Crippen molar-refractivity contribution in [3.05, 3.63) is 32.4 Å². The molecule has 0 spiro atoms. The van der Waals surface area contributed by atoms with Gasteiger partial charge in [0, 0.05) is 21.6 Å². The highest BCUT2D eigenvalue weighted by Crippen LogP contribution is 2.23. The van der Waals surface area contributed by atoms with Crippen LogP contribution >= 0.6 is 0 Å². The molecule has 1 rings (SSSR count). The van der Waals surface area contributed by atoms with Gasteiger partial charge in [0.1, 0.15) is 0 Å². The predicted molar refractivity (Wildman–Crippen MR) is 52.9 cm³/mol. The van der Waals surface area contributed by atoms with E-state index in [2.05, 4.69) is 0 Å². The molecule has 5 nitrogen and oxygen atoms in total. The summed E-state index contributed by atoms with van der Waals surface area (Å²) < 4.78 is 0. The van der Waals surface area contributed by atoms with Crippen molar-refractivity contribution in [2.24, 2.45) is 0 Å². The van der Waals surface area contributed by atoms with Crippen LogP contribution in [0.3, 0.4) is 0 Å². The lowest BCUT2D eigenvalue weighted by Gasteiger charge is -2.15. The molecule has 1 aliphatic rings. The maximum absolute atomic E-state index is 11.7. The minimum Gasteiger partial charge on any atom is -0.289 e. The number of carbonyl (C=O) groups excluding carboxylic acids is 2. The summed E-state index contributed by atoms with van der Waals surface area (Å²) in [6.07, 6.45) is 0. The lowest BCUT2D eigenvalue weighted by molar-refractivity contribution is -0.470. The summed E-state index contributed by atoms with van der Waals surface area (Å²) in [6, 6.07) is 0. The van der Waals surface area contributed by atoms with E-state index in [1.54, 1.807) is 6.92 Å². The third kappa shape index (κ3) is 1.86. The van der Waals surface area contributed by atoms with Crippen molar-refractivity contribution in [1.82, 2.24) is 0 Å². The molecule has 0 aliphatic heterocycles. The second kappa shape index (κ2) is 3.76. The maximum Gasteiger partial charge on any atom is 0.233 e. The Morgan fingerprint density at radius 3 is 1.93 bits per heavy atom. The van der Waals surface area contributed by atoms with E-state index in [1.807, 2.05) is 0 Å². The van der Waals surface area contributed by atoms with Crippen LogP contribution in [0.2, 0.25) is 0 Å². The molecule has 15 heavy (non-hydrogen) atoms. The first-order valence-corrected chi connectivity index (χ1v) is 4.44. The number of carbonyl (C=O) groups is 2. The fraction of sp³-hybridized carbons (Fsp3) is 0.400. The smallest absolute Gasteiger partial charge is 0.233 e. The number of hydrogen-bond donors (Lipinski definition) is 0. The topological polar surface area (TPSA) is 77.3 Å². The molecular formula is C10H11NO4. The Hall–Kier alpha value is -1.78. The van der Waals surface area contributed by atoms with Crippen LogP contribution < -0.4 is 0 Å². The van der Waals surface area contributed by atoms with Crippen molar-refractivity contribution < 1.29 is 14.5 Å². The first-order chi connectivity index (χ1) is 6.86. The van der Waals surface area contributed by atoms with Gasteiger partial charge in [-0.05, 0) is 20.8 Å². The quantitative estimate of drug-likeness (QED) is 0.387. The lowest BCUT2D eigenvalue weighted by atomic mass is 9.86. The molecule has 0 aromatic heterocycles. The first kappa shape index (κ1) is 11.3. The molecule has 0 atom stereocenters. The van der Waals surface area contributed by atoms with Crippen LogP contribution in [0.1, 0.15) is 20.8 Å². The summed E-state index contributed by atoms with van der Waals surface area (Å²) in [5.41, 5.74) is 0.889. The van der Waals surface area contributed by atoms with E-state index in [0.717, 1.165) is 0 Å². The van der Waals surface area contributed by atoms with Crippen LogP contribution in [0, 0.1) is 10.1 Å². The van der Waals surface area contributed by atoms with Crippen LogP contribution in [-0.4, -0.2) is 23.0 Å². The molecule has 80 valence electrons. The van der Waals surface area contributed by atoms with Crippen molar-refractivity contribution in [1.29, 1.82) is 0 Å². The van der Waals surface area contributed by atoms with E-state index in [-0.39, 0.29) is 22.7 Å². The molecule has 0 fully saturated rings. The molecule has 0 saturated carbocycles. The van der Waals surface area contributed by atoms with Crippen LogP contribution in [0.4, 0.5) is 0 Å². The third-order valence-electron chi connectivity index (χ3n) is 2.60. The second-order valence-corrected chi connectivity index (χ2v) is 3.50. The average molecular weight is 209 g/mol. The maximum atomic E-state index is 11.7. The van der Waals surface area contributed by atoms with Crippen molar-refractivity contribution in [3.8, 4) is 0 Å². The van der Waals surface area contributed by atoms with Crippen molar-refractivity contribution in [2.45, 2.75) is 20.8 Å². The molecule has 0 N–H and O–H groups in total. The van der Waals surface area contributed by atoms with E-state index in [9.17, 15) is 19.7 Å². The second-order valence-electron chi connectivity index (χ2n) is 3.50. The van der Waals surface area contributed by atoms with E-state index >= 15 is 0 Å². The van der Waals surface area contributed by atoms with E-state index in [1.165, 1.54) is 13.8 Å². The highest BCUT2D eigenvalue weighted by Gasteiger charge is 2.30. The summed E-state index contributed by atoms with van der Waals surface area (Å²) in [5, 5.41) is 10.3. The standard InChI is InChI=1S/C10H11NO4/c1-5-6(2)10(13)8(4-11(14)15)7(3)9(5)12/h4H2,1-3H3. The van der Waals surface area contributed by atoms with Crippen LogP contribution in [0.25, 0.3) is 0 Å². The normalized spacial score (nSPS) is 17.5. The minimum atomic E-state index is -0.599. The number of nitrogens with zero attached hydrogens (tertiary/aromatic N) is 1. The molecule has 0 saturated heterocycles. The first-order valence-electron chi connectivity index (χ1n) is 4.44. The predicted octanol–water partition coefficient (Wildman–Crippen LogP) is 1.07. The highest BCUT2D eigenvalue weighted by molar-refractivity contribution is 6.24. The summed E-state index contributed by atoms with van der Waals surface area (Å²) in [7, 11) is 0. The number of allylic oxidation sites excluding steroid dienone is 3. The van der Waals surface area contributed by atoms with Gasteiger partial charge in [-0.25, -0.2) is 0 Å². The van der Waals surface area contributed by atoms with E-state index in [0.29, 0.717) is 11.1 Å². The Balaban J connectivity index is 3.22. The zero-order chi connectivity index (χ0) is 11.7. The zero-order valence-corrected chi connectivity index (χ0v) is 8.79. The molecule has 0 heterocycles.